The van der Waals surface area contributed by atoms with Gasteiger partial charge in [-0.1, -0.05) is 29.4 Å². The molecule has 32 heavy (non-hydrogen) atoms. The molecule has 170 valence electrons. The molecule has 1 aliphatic heterocycles. The van der Waals surface area contributed by atoms with Crippen LogP contribution in [0.15, 0.2) is 47.6 Å². The van der Waals surface area contributed by atoms with Crippen LogP contribution in [0.4, 0.5) is 0 Å². The average molecular weight is 439 g/mol. The second-order valence-electron chi connectivity index (χ2n) is 8.48. The van der Waals surface area contributed by atoms with Gasteiger partial charge in [0.15, 0.2) is 12.2 Å². The molecule has 6 nitrogen and oxygen atoms in total. The Morgan fingerprint density at radius 3 is 2.31 bits per heavy atom. The Labute approximate surface area is 188 Å². The van der Waals surface area contributed by atoms with Crippen molar-refractivity contribution in [2.45, 2.75) is 52.7 Å². The minimum absolute atomic E-state index is 0.101. The summed E-state index contributed by atoms with van der Waals surface area (Å²) in [7, 11) is 1.58. The number of aliphatic hydroxyl groups excluding tert-OH is 1. The van der Waals surface area contributed by atoms with Gasteiger partial charge in [-0.15, -0.1) is 0 Å². The quantitative estimate of drug-likeness (QED) is 0.561. The zero-order valence-electron chi connectivity index (χ0n) is 19.1. The number of rotatable bonds is 6. The van der Waals surface area contributed by atoms with Gasteiger partial charge in [0.1, 0.15) is 28.6 Å². The number of allylic oxidation sites excluding steroid dienone is 4. The summed E-state index contributed by atoms with van der Waals surface area (Å²) in [6.07, 6.45) is 2.33. The number of benzene rings is 2. The van der Waals surface area contributed by atoms with E-state index in [0.29, 0.717) is 29.7 Å². The molecule has 0 aliphatic carbocycles. The molecule has 0 amide bonds. The number of ketones is 1. The van der Waals surface area contributed by atoms with Crippen LogP contribution in [0.5, 0.6) is 23.0 Å². The van der Waals surface area contributed by atoms with Crippen LogP contribution in [0.2, 0.25) is 0 Å². The molecule has 1 heterocycles. The highest BCUT2D eigenvalue weighted by Gasteiger charge is 2.41. The van der Waals surface area contributed by atoms with Gasteiger partial charge < -0.3 is 24.8 Å². The van der Waals surface area contributed by atoms with Gasteiger partial charge in [-0.2, -0.15) is 0 Å². The molecule has 2 aromatic carbocycles. The highest BCUT2D eigenvalue weighted by molar-refractivity contribution is 6.06. The second kappa shape index (κ2) is 9.49. The molecule has 3 N–H and O–H groups in total. The van der Waals surface area contributed by atoms with E-state index in [1.807, 2.05) is 45.9 Å². The molecule has 0 bridgehead atoms. The predicted molar refractivity (Wildman–Crippen MR) is 123 cm³/mol. The largest absolute Gasteiger partial charge is 0.507 e. The van der Waals surface area contributed by atoms with E-state index >= 15 is 0 Å². The van der Waals surface area contributed by atoms with E-state index in [0.717, 1.165) is 22.8 Å². The summed E-state index contributed by atoms with van der Waals surface area (Å²) in [6, 6.07) is 6.50. The SMILES string of the molecule is COc1ccc([C@@H]2Oc3c(CC=C(C)C)c(O)cc(O)c3C(=O)C2O)c(CC=C(C)C)c1. The van der Waals surface area contributed by atoms with E-state index in [9.17, 15) is 20.1 Å². The molecule has 1 aliphatic rings. The van der Waals surface area contributed by atoms with Crippen molar-refractivity contribution in [3.8, 4) is 23.0 Å². The fraction of sp³-hybridized carbons (Fsp3) is 0.346. The standard InChI is InChI=1S/C26H30O6/c1-14(2)6-8-16-12-17(31-5)9-11-18(16)26-24(30)23(29)22-21(28)13-20(27)19(25(22)32-26)10-7-15(3)4/h6-7,9,11-13,24,26-28,30H,8,10H2,1-5H3/t24?,26-/m0/s1. The van der Waals surface area contributed by atoms with Crippen LogP contribution in [0, 0.1) is 0 Å². The smallest absolute Gasteiger partial charge is 0.202 e. The van der Waals surface area contributed by atoms with Crippen molar-refractivity contribution in [1.29, 1.82) is 0 Å². The van der Waals surface area contributed by atoms with Crippen molar-refractivity contribution in [2.24, 2.45) is 0 Å². The van der Waals surface area contributed by atoms with E-state index < -0.39 is 23.7 Å². The molecule has 0 spiro atoms. The average Bonchev–Trinajstić information content (AvgIpc) is 2.73. The normalized spacial score (nSPS) is 17.2. The van der Waals surface area contributed by atoms with Crippen molar-refractivity contribution in [3.63, 3.8) is 0 Å². The number of hydrogen-bond acceptors (Lipinski definition) is 6. The van der Waals surface area contributed by atoms with Crippen LogP contribution in [0.3, 0.4) is 0 Å². The number of phenols is 2. The molecule has 3 rings (SSSR count). The summed E-state index contributed by atoms with van der Waals surface area (Å²) >= 11 is 0. The van der Waals surface area contributed by atoms with Crippen LogP contribution >= 0.6 is 0 Å². The number of aliphatic hydroxyl groups is 1. The minimum Gasteiger partial charge on any atom is -0.507 e. The summed E-state index contributed by atoms with van der Waals surface area (Å²) in [6.45, 7) is 7.84. The lowest BCUT2D eigenvalue weighted by Crippen LogP contribution is -2.37. The van der Waals surface area contributed by atoms with Gasteiger partial charge in [-0.25, -0.2) is 0 Å². The van der Waals surface area contributed by atoms with E-state index in [-0.39, 0.29) is 17.1 Å². The highest BCUT2D eigenvalue weighted by atomic mass is 16.5. The van der Waals surface area contributed by atoms with Crippen molar-refractivity contribution in [2.75, 3.05) is 7.11 Å². The Bertz CT molecular complexity index is 1090. The maximum atomic E-state index is 13.1. The third-order valence-corrected chi connectivity index (χ3v) is 5.49. The first-order chi connectivity index (χ1) is 15.1. The number of fused-ring (bicyclic) bond motifs is 1. The van der Waals surface area contributed by atoms with Gasteiger partial charge in [0.2, 0.25) is 5.78 Å². The third-order valence-electron chi connectivity index (χ3n) is 5.49. The summed E-state index contributed by atoms with van der Waals surface area (Å²) in [5, 5.41) is 31.7. The van der Waals surface area contributed by atoms with Gasteiger partial charge in [0, 0.05) is 11.6 Å². The van der Waals surface area contributed by atoms with Gasteiger partial charge in [0.05, 0.1) is 7.11 Å². The highest BCUT2D eigenvalue weighted by Crippen LogP contribution is 2.46. The Kier molecular flexibility index (Phi) is 6.94. The van der Waals surface area contributed by atoms with E-state index in [4.69, 9.17) is 9.47 Å². The fourth-order valence-electron chi connectivity index (χ4n) is 3.73. The Morgan fingerprint density at radius 1 is 1.03 bits per heavy atom. The lowest BCUT2D eigenvalue weighted by molar-refractivity contribution is 0.0204. The van der Waals surface area contributed by atoms with Gasteiger partial charge in [-0.05, 0) is 63.8 Å². The summed E-state index contributed by atoms with van der Waals surface area (Å²) < 4.78 is 11.5. The number of ether oxygens (including phenoxy) is 2. The predicted octanol–water partition coefficient (Wildman–Crippen LogP) is 4.80. The number of methoxy groups -OCH3 is 1. The Balaban J connectivity index is 2.15. The van der Waals surface area contributed by atoms with Crippen molar-refractivity contribution in [3.05, 3.63) is 69.8 Å². The van der Waals surface area contributed by atoms with Crippen molar-refractivity contribution < 1.29 is 29.6 Å². The molecule has 0 aromatic heterocycles. The molecule has 2 aromatic rings. The number of Topliss-reactive ketones (excluding diaryl/α,β-unsaturated/α-hetero) is 1. The second-order valence-corrected chi connectivity index (χ2v) is 8.48. The van der Waals surface area contributed by atoms with Crippen molar-refractivity contribution >= 4 is 5.78 Å². The minimum atomic E-state index is -1.51. The topological polar surface area (TPSA) is 96.2 Å². The number of carbonyl (C=O) groups excluding carboxylic acids is 1. The first-order valence-electron chi connectivity index (χ1n) is 10.5. The van der Waals surface area contributed by atoms with Crippen molar-refractivity contribution in [1.82, 2.24) is 0 Å². The number of phenolic OH excluding ortho intramolecular Hbond substituents is 2. The number of aromatic hydroxyl groups is 2. The van der Waals surface area contributed by atoms with E-state index in [1.54, 1.807) is 19.2 Å². The third kappa shape index (κ3) is 4.65. The zero-order valence-corrected chi connectivity index (χ0v) is 19.1. The molecule has 6 heteroatoms. The van der Waals surface area contributed by atoms with Crippen LogP contribution in [0.25, 0.3) is 0 Å². The molecule has 2 atom stereocenters. The number of carbonyl (C=O) groups is 1. The van der Waals surface area contributed by atoms with Crippen LogP contribution in [0.1, 0.15) is 60.8 Å². The Morgan fingerprint density at radius 2 is 1.69 bits per heavy atom. The monoisotopic (exact) mass is 438 g/mol. The van der Waals surface area contributed by atoms with E-state index in [1.165, 1.54) is 0 Å². The zero-order chi connectivity index (χ0) is 23.6. The molecule has 0 saturated heterocycles. The maximum Gasteiger partial charge on any atom is 0.202 e. The molecular formula is C26H30O6. The molecule has 0 radical (unpaired) electrons. The lowest BCUT2D eigenvalue weighted by Gasteiger charge is -2.32. The van der Waals surface area contributed by atoms with Gasteiger partial charge in [0.25, 0.3) is 0 Å². The van der Waals surface area contributed by atoms with E-state index in [2.05, 4.69) is 0 Å². The van der Waals surface area contributed by atoms with Gasteiger partial charge >= 0.3 is 0 Å². The molecule has 0 fully saturated rings. The molecule has 0 saturated carbocycles. The Hall–Kier alpha value is -3.25. The molecule has 1 unspecified atom stereocenters. The van der Waals surface area contributed by atoms with Gasteiger partial charge in [-0.3, -0.25) is 4.79 Å². The molecular weight excluding hydrogens is 408 g/mol. The first-order valence-corrected chi connectivity index (χ1v) is 10.5. The lowest BCUT2D eigenvalue weighted by atomic mass is 9.88. The van der Waals surface area contributed by atoms with Crippen LogP contribution in [-0.4, -0.2) is 34.3 Å². The van der Waals surface area contributed by atoms with Crippen LogP contribution < -0.4 is 9.47 Å². The maximum absolute atomic E-state index is 13.1. The first kappa shape index (κ1) is 23.4. The summed E-state index contributed by atoms with van der Waals surface area (Å²) in [5.41, 5.74) is 3.94. The summed E-state index contributed by atoms with van der Waals surface area (Å²) in [5.74, 6) is -0.468. The van der Waals surface area contributed by atoms with Crippen LogP contribution in [-0.2, 0) is 12.8 Å². The summed E-state index contributed by atoms with van der Waals surface area (Å²) in [4.78, 5) is 13.1. The number of hydrogen-bond donors (Lipinski definition) is 3. The fourth-order valence-corrected chi connectivity index (χ4v) is 3.73.